The second-order valence-corrected chi connectivity index (χ2v) is 55.0. The van der Waals surface area contributed by atoms with E-state index in [4.69, 9.17) is 32.6 Å². The summed E-state index contributed by atoms with van der Waals surface area (Å²) in [5.74, 6) is -26.3. The predicted molar refractivity (Wildman–Crippen MR) is 452 cm³/mol. The summed E-state index contributed by atoms with van der Waals surface area (Å²) in [6, 6.07) is 0. The Morgan fingerprint density at radius 1 is 0.483 bits per heavy atom. The zero-order valence-corrected chi connectivity index (χ0v) is 84.5. The van der Waals surface area contributed by atoms with Crippen molar-refractivity contribution in [1.82, 2.24) is 4.31 Å². The molecule has 20 aliphatic rings. The molecule has 16 bridgehead atoms. The van der Waals surface area contributed by atoms with Crippen LogP contribution in [0.1, 0.15) is 240 Å². The van der Waals surface area contributed by atoms with E-state index in [-0.39, 0.29) is 92.4 Å². The summed E-state index contributed by atoms with van der Waals surface area (Å²) in [4.78, 5) is 60.1. The number of carbonyl (C=O) groups excluding carboxylic acids is 5. The van der Waals surface area contributed by atoms with Gasteiger partial charge >= 0.3 is 93.9 Å². The second-order valence-electron chi connectivity index (χ2n) is 42.6. The molecule has 17 aliphatic carbocycles. The quantitative estimate of drug-likeness (QED) is 0.0215. The van der Waals surface area contributed by atoms with Gasteiger partial charge in [0, 0.05) is 80.0 Å². The summed E-state index contributed by atoms with van der Waals surface area (Å²) >= 11 is 0. The van der Waals surface area contributed by atoms with Gasteiger partial charge in [-0.1, -0.05) is 25.7 Å². The molecule has 0 aromatic carbocycles. The highest BCUT2D eigenvalue weighted by Gasteiger charge is 2.81. The lowest BCUT2D eigenvalue weighted by molar-refractivity contribution is -0.307. The summed E-state index contributed by atoms with van der Waals surface area (Å²) < 4.78 is 568. The maximum atomic E-state index is 13.6. The third-order valence-electron chi connectivity index (χ3n) is 32.0. The van der Waals surface area contributed by atoms with Gasteiger partial charge in [-0.15, -0.1) is 0 Å². The van der Waals surface area contributed by atoms with Crippen molar-refractivity contribution in [2.45, 2.75) is 339 Å². The first-order chi connectivity index (χ1) is 67.6. The Balaban J connectivity index is 0.000000282. The van der Waals surface area contributed by atoms with Gasteiger partial charge in [0.25, 0.3) is 20.1 Å². The van der Waals surface area contributed by atoms with Crippen LogP contribution in [0.3, 0.4) is 0 Å². The molecular weight excluding hydrogens is 2250 g/mol. The van der Waals surface area contributed by atoms with E-state index in [0.717, 1.165) is 96.3 Å². The zero-order chi connectivity index (χ0) is 112. The predicted octanol–water partition coefficient (Wildman–Crippen LogP) is 11.8. The van der Waals surface area contributed by atoms with Gasteiger partial charge in [-0.25, -0.2) is 68.1 Å². The van der Waals surface area contributed by atoms with E-state index >= 15 is 0 Å². The lowest BCUT2D eigenvalue weighted by Gasteiger charge is -2.63. The zero-order valence-electron chi connectivity index (χ0n) is 84.0. The molecular formula is C82H111F22NO36S8. The van der Waals surface area contributed by atoms with Crippen molar-refractivity contribution < 1.29 is 266 Å². The number of sulfonamides is 1. The summed E-state index contributed by atoms with van der Waals surface area (Å²) in [6.07, 6.45) is 0.534. The molecule has 149 heavy (non-hydrogen) atoms. The van der Waals surface area contributed by atoms with E-state index in [2.05, 4.69) is 4.74 Å². The second kappa shape index (κ2) is 42.3. The summed E-state index contributed by atoms with van der Waals surface area (Å²) in [6.45, 7) is -0.838. The molecule has 0 radical (unpaired) electrons. The van der Waals surface area contributed by atoms with Crippen LogP contribution >= 0.6 is 0 Å². The number of alkyl halides is 22. The van der Waals surface area contributed by atoms with Crippen molar-refractivity contribution in [3.63, 3.8) is 0 Å². The van der Waals surface area contributed by atoms with Crippen LogP contribution in [0.15, 0.2) is 0 Å². The Labute approximate surface area is 848 Å². The number of piperidine rings is 1. The summed E-state index contributed by atoms with van der Waals surface area (Å²) in [5, 5.41) is -25.4. The highest BCUT2D eigenvalue weighted by molar-refractivity contribution is 7.90. The Morgan fingerprint density at radius 2 is 0.946 bits per heavy atom. The summed E-state index contributed by atoms with van der Waals surface area (Å²) in [7, 11) is -47.8. The fraction of sp³-hybridized carbons (Fsp3) is 0.939. The minimum absolute atomic E-state index is 0. The van der Waals surface area contributed by atoms with Crippen LogP contribution in [0, 0.1) is 93.7 Å². The van der Waals surface area contributed by atoms with Crippen LogP contribution in [-0.2, 0) is 142 Å². The monoisotopic (exact) mass is 2370 g/mol. The number of nitrogens with zero attached hydrogens (tertiary/aromatic N) is 1. The SMILES string of the molecule is O=C(CCC(F)(F)C(F)(F)S(=O)(=O)[O-])OC12CC3CC(CC(O)(C3)C1)C2.O=C(CCC(F)(F)C(F)(F)S(=O)(=O)[O-])OC1C2CCC(C2)C1OC(=O)C1CCCCC1.O=C(OC1C2CC3C1OS(=O)(=O)C3C2)C(F)(F)S(=O)(=O)[O-].O=C(OCCC(F)C(F)(F)S(=O)(=O)[O-])C12CC3CC(CC(C3)C1)C2.O=S(=O)([O-])C(F)(F)C(F)(F)C(F)(F)S(=O)(=O)N1CCCCC1.O=S(=O)([O-])CC(CC12CC3CC(C1)C1(OCCO1)C(C3)C2)C(F)(F)F.[3H+].[3H+].[3H+].[3H+].[3H+].[3H+]. The first-order valence-corrected chi connectivity index (χ1v) is 58.9. The van der Waals surface area contributed by atoms with Gasteiger partial charge in [0.05, 0.1) is 70.9 Å². The Morgan fingerprint density at radius 3 is 1.40 bits per heavy atom. The highest BCUT2D eigenvalue weighted by atomic mass is 32.2. The molecule has 0 aromatic rings. The molecule has 862 valence electrons. The van der Waals surface area contributed by atoms with Crippen LogP contribution in [0.4, 0.5) is 96.6 Å². The molecule has 0 aromatic heterocycles. The molecule has 20 fully saturated rings. The lowest BCUT2D eigenvalue weighted by atomic mass is 9.46. The molecule has 0 amide bonds. The fourth-order valence-electron chi connectivity index (χ4n) is 26.5. The van der Waals surface area contributed by atoms with Crippen molar-refractivity contribution >= 4 is 111 Å². The number of hydrogen-bond donors (Lipinski definition) is 1. The third-order valence-corrected chi connectivity index (χ3v) is 41.0. The van der Waals surface area contributed by atoms with Crippen LogP contribution in [0.5, 0.6) is 0 Å². The highest BCUT2D eigenvalue weighted by Crippen LogP contribution is 2.69. The van der Waals surface area contributed by atoms with Crippen molar-refractivity contribution in [2.24, 2.45) is 93.7 Å². The lowest BCUT2D eigenvalue weighted by Crippen LogP contribution is -2.63. The van der Waals surface area contributed by atoms with Crippen LogP contribution in [0.2, 0.25) is 0 Å². The van der Waals surface area contributed by atoms with Crippen molar-refractivity contribution in [3.8, 4) is 0 Å². The van der Waals surface area contributed by atoms with Crippen molar-refractivity contribution in [3.05, 3.63) is 0 Å². The topological polar surface area (TPSA) is 594 Å². The number of ether oxygens (including phenoxy) is 7. The molecule has 67 heteroatoms. The maximum absolute atomic E-state index is 13.6. The van der Waals surface area contributed by atoms with Crippen molar-refractivity contribution in [1.29, 1.82) is 0 Å². The smallest absolute Gasteiger partial charge is 0.748 e. The maximum Gasteiger partial charge on any atom is 1.00 e. The third kappa shape index (κ3) is 25.0. The molecule has 15 atom stereocenters. The summed E-state index contributed by atoms with van der Waals surface area (Å²) in [5.41, 5.74) is -3.09. The molecule has 1 spiro atoms. The molecule has 1 N–H and O–H groups in total. The number of esters is 5. The largest absolute Gasteiger partial charge is 1.00 e. The molecule has 3 heterocycles. The number of aliphatic hydroxyl groups is 1. The van der Waals surface area contributed by atoms with Gasteiger partial charge < -0.3 is 65.6 Å². The van der Waals surface area contributed by atoms with Gasteiger partial charge in [-0.3, -0.25) is 23.4 Å². The molecule has 37 nitrogen and oxygen atoms in total. The van der Waals surface area contributed by atoms with Gasteiger partial charge in [0.15, 0.2) is 62.5 Å². The Kier molecular flexibility index (Phi) is 34.8. The van der Waals surface area contributed by atoms with Crippen LogP contribution in [-0.4, -0.2) is 281 Å². The van der Waals surface area contributed by atoms with E-state index < -0.39 is 299 Å². The number of fused-ring (bicyclic) bond motifs is 3. The average molecular weight is 2370 g/mol. The van der Waals surface area contributed by atoms with E-state index in [1.54, 1.807) is 0 Å². The van der Waals surface area contributed by atoms with Gasteiger partial charge in [-0.05, 0) is 208 Å². The van der Waals surface area contributed by atoms with E-state index in [1.807, 2.05) is 0 Å². The number of carbonyl (C=O) groups is 5. The first kappa shape index (κ1) is 123. The van der Waals surface area contributed by atoms with Gasteiger partial charge in [0.1, 0.15) is 30.0 Å². The molecule has 20 rings (SSSR count). The number of rotatable bonds is 32. The number of hydrogen-bond acceptors (Lipinski definition) is 36. The first-order valence-electron chi connectivity index (χ1n) is 47.3. The Hall–Kier alpha value is -5.03. The molecule has 3 saturated heterocycles. The Bertz CT molecular complexity index is 5890. The van der Waals surface area contributed by atoms with Crippen molar-refractivity contribution in [2.75, 3.05) is 38.7 Å². The van der Waals surface area contributed by atoms with Gasteiger partial charge in [-0.2, -0.15) is 105 Å². The molecule has 3 aliphatic heterocycles. The minimum atomic E-state index is -7.23. The minimum Gasteiger partial charge on any atom is -0.748 e. The van der Waals surface area contributed by atoms with E-state index in [0.29, 0.717) is 108 Å². The average Bonchev–Trinajstić information content (AvgIpc) is 1.69. The molecule has 17 saturated carbocycles. The van der Waals surface area contributed by atoms with Crippen LogP contribution < -0.4 is 0 Å². The molecule has 15 unspecified atom stereocenters. The van der Waals surface area contributed by atoms with Crippen LogP contribution in [0.25, 0.3) is 0 Å². The standard InChI is InChI=1S/C19H26F4O7S.C16H23F3O5S.C15H20F4O6S.C15H21F3O5S.C9H10F2O8S2.C8H11F6NO5S2/c20-18(21,19(22,23)31(26,27)28)9-8-14(24)29-15-12-6-7-13(10-12)16(15)30-17(25)11-4-2-1-3-5-11;17-16(18,19)13(9-25(20,21)22)8-14-5-10-3-11(6-14)15(12(4-10)7-14)23-1-2-24-15;16-14(17,15(18,19)26(22,23)24)2-1-11(20)25-13-6-9-3-10(7-13)5-12(21,4-9)8-13;16-12(15(17,18)24(20,21)22)1-2-23-13(19)14-6-9-3-10(7-14)5-11(4-9)8-14;10-9(11,21(15,16)17)8(12)18-6-3-1-4-5(2-3)20(13,14)19-7(4)6;9-6(10,8(13,14)22(18,19)20)7(11,12)21(16,17)15-4-2-1-3-5-15/h11-13,15-16H,1-10H2,(H,26,27,28);10-13H,1-9H2,(H,20,21,22);9-10,21H,1-8H2,(H,22,23,24);9-12H,1-8H2,(H,20,21,22);3-7H,1-2H2,(H,15,16,17);1-5H2,(H,18,19,20)/i/hT6. The van der Waals surface area contributed by atoms with E-state index in [9.17, 15) is 220 Å². The van der Waals surface area contributed by atoms with Gasteiger partial charge in [0.2, 0.25) is 0 Å². The van der Waals surface area contributed by atoms with E-state index in [1.165, 1.54) is 0 Å². The normalized spacial score (nSPS) is 34.0. The number of halogens is 22. The fourth-order valence-corrected chi connectivity index (χ4v) is 32.8.